The molecule has 0 aliphatic carbocycles. The molecule has 0 heterocycles. The number of benzene rings is 4. The number of anilines is 3. The van der Waals surface area contributed by atoms with Crippen LogP contribution in [0, 0.1) is 13.8 Å². The van der Waals surface area contributed by atoms with Crippen molar-refractivity contribution in [3.05, 3.63) is 150 Å². The van der Waals surface area contributed by atoms with Gasteiger partial charge in [0.2, 0.25) is 0 Å². The first kappa shape index (κ1) is 30.8. The number of aliphatic hydroxyl groups excluding tert-OH is 1. The molecule has 0 aromatic heterocycles. The molecule has 1 N–H and O–H groups in total. The number of rotatable bonds is 12. The summed E-state index contributed by atoms with van der Waals surface area (Å²) in [6.07, 6.45) is 5.73. The van der Waals surface area contributed by atoms with E-state index in [0.717, 1.165) is 40.3 Å². The van der Waals surface area contributed by atoms with E-state index in [1.807, 2.05) is 24.3 Å². The van der Waals surface area contributed by atoms with Crippen LogP contribution >= 0.6 is 0 Å². The van der Waals surface area contributed by atoms with Crippen LogP contribution in [0.3, 0.4) is 0 Å². The summed E-state index contributed by atoms with van der Waals surface area (Å²) in [6, 6.07) is 32.2. The second kappa shape index (κ2) is 14.1. The third-order valence-electron chi connectivity index (χ3n) is 6.86. The number of carbonyl (C=O) groups is 2. The maximum atomic E-state index is 12.1. The van der Waals surface area contributed by atoms with Crippen molar-refractivity contribution >= 4 is 41.2 Å². The van der Waals surface area contributed by atoms with Crippen molar-refractivity contribution in [2.45, 2.75) is 26.1 Å². The van der Waals surface area contributed by atoms with Gasteiger partial charge in [0, 0.05) is 34.8 Å². The highest BCUT2D eigenvalue weighted by atomic mass is 16.7. The average Bonchev–Trinajstić information content (AvgIpc) is 3.02. The zero-order valence-electron chi connectivity index (χ0n) is 24.4. The number of hydrogen-bond acceptors (Lipinski definition) is 6. The van der Waals surface area contributed by atoms with Gasteiger partial charge in [-0.15, -0.1) is 0 Å². The van der Waals surface area contributed by atoms with Gasteiger partial charge < -0.3 is 19.5 Å². The highest BCUT2D eigenvalue weighted by Crippen LogP contribution is 2.35. The van der Waals surface area contributed by atoms with Crippen molar-refractivity contribution in [2.75, 3.05) is 11.5 Å². The molecule has 6 heteroatoms. The number of hydrogen-bond donors (Lipinski definition) is 1. The number of aryl methyl sites for hydroxylation is 2. The van der Waals surface area contributed by atoms with Crippen LogP contribution in [0.1, 0.15) is 34.2 Å². The lowest BCUT2D eigenvalue weighted by atomic mass is 10.00. The second-order valence-corrected chi connectivity index (χ2v) is 10.0. The first-order valence-corrected chi connectivity index (χ1v) is 13.9. The topological polar surface area (TPSA) is 76.1 Å². The SMILES string of the molecule is C=CC(=O)OC(CCO)(OC(=O)C=C)c1ccc(C=Cc2ccc(N(c3ccc(C)cc3)c3ccc(C)cc3)cc2)cc1. The number of carbonyl (C=O) groups excluding carboxylic acids is 2. The fourth-order valence-corrected chi connectivity index (χ4v) is 4.55. The van der Waals surface area contributed by atoms with E-state index in [-0.39, 0.29) is 6.42 Å². The zero-order valence-corrected chi connectivity index (χ0v) is 24.4. The van der Waals surface area contributed by atoms with Crippen molar-refractivity contribution in [3.63, 3.8) is 0 Å². The van der Waals surface area contributed by atoms with Gasteiger partial charge in [-0.3, -0.25) is 0 Å². The average molecular weight is 574 g/mol. The van der Waals surface area contributed by atoms with Gasteiger partial charge in [-0.05, 0) is 61.4 Å². The van der Waals surface area contributed by atoms with Crippen molar-refractivity contribution in [3.8, 4) is 0 Å². The van der Waals surface area contributed by atoms with Crippen LogP contribution in [0.4, 0.5) is 17.1 Å². The Morgan fingerprint density at radius 2 is 1.05 bits per heavy atom. The Hall–Kier alpha value is -5.20. The summed E-state index contributed by atoms with van der Waals surface area (Å²) in [4.78, 5) is 26.4. The lowest BCUT2D eigenvalue weighted by Crippen LogP contribution is -2.38. The summed E-state index contributed by atoms with van der Waals surface area (Å²) in [5.41, 5.74) is 7.87. The Balaban J connectivity index is 1.57. The smallest absolute Gasteiger partial charge is 0.333 e. The van der Waals surface area contributed by atoms with Gasteiger partial charge in [0.15, 0.2) is 0 Å². The fourth-order valence-electron chi connectivity index (χ4n) is 4.55. The molecule has 43 heavy (non-hydrogen) atoms. The maximum Gasteiger partial charge on any atom is 0.333 e. The number of nitrogens with zero attached hydrogens (tertiary/aromatic N) is 1. The molecule has 0 radical (unpaired) electrons. The summed E-state index contributed by atoms with van der Waals surface area (Å²) in [7, 11) is 0. The van der Waals surface area contributed by atoms with Gasteiger partial charge in [-0.1, -0.05) is 97.1 Å². The van der Waals surface area contributed by atoms with Crippen LogP contribution in [0.2, 0.25) is 0 Å². The monoisotopic (exact) mass is 573 g/mol. The van der Waals surface area contributed by atoms with Crippen LogP contribution in [0.5, 0.6) is 0 Å². The Morgan fingerprint density at radius 3 is 1.42 bits per heavy atom. The van der Waals surface area contributed by atoms with Crippen molar-refractivity contribution < 1.29 is 24.2 Å². The van der Waals surface area contributed by atoms with Crippen LogP contribution in [0.25, 0.3) is 12.2 Å². The van der Waals surface area contributed by atoms with E-state index in [4.69, 9.17) is 9.47 Å². The normalized spacial score (nSPS) is 11.1. The Labute approximate surface area is 252 Å². The first-order chi connectivity index (χ1) is 20.8. The molecule has 0 unspecified atom stereocenters. The second-order valence-electron chi connectivity index (χ2n) is 10.0. The third-order valence-corrected chi connectivity index (χ3v) is 6.86. The predicted molar refractivity (Wildman–Crippen MR) is 172 cm³/mol. The Bertz CT molecular complexity index is 1520. The lowest BCUT2D eigenvalue weighted by Gasteiger charge is -2.32. The van der Waals surface area contributed by atoms with E-state index in [9.17, 15) is 14.7 Å². The van der Waals surface area contributed by atoms with Gasteiger partial charge in [0.1, 0.15) is 0 Å². The summed E-state index contributed by atoms with van der Waals surface area (Å²) in [6.45, 7) is 10.6. The largest absolute Gasteiger partial charge is 0.415 e. The van der Waals surface area contributed by atoms with E-state index in [1.54, 1.807) is 12.1 Å². The molecular weight excluding hydrogens is 538 g/mol. The molecule has 4 rings (SSSR count). The molecule has 4 aromatic carbocycles. The van der Waals surface area contributed by atoms with E-state index < -0.39 is 24.3 Å². The first-order valence-electron chi connectivity index (χ1n) is 13.9. The van der Waals surface area contributed by atoms with E-state index in [2.05, 4.69) is 105 Å². The Kier molecular flexibility index (Phi) is 10.1. The number of esters is 2. The van der Waals surface area contributed by atoms with E-state index in [0.29, 0.717) is 5.56 Å². The molecular formula is C37H35NO5. The standard InChI is InChI=1S/C37H35NO5/c1-5-35(40)42-37(25-26-39,43-36(41)6-2)31-17-13-29(14-18-31)11-12-30-15-23-34(24-16-30)38(32-19-7-27(3)8-20-32)33-21-9-28(4)10-22-33/h5-24,39H,1-2,25-26H2,3-4H3. The molecule has 0 fully saturated rings. The molecule has 6 nitrogen and oxygen atoms in total. The van der Waals surface area contributed by atoms with Crippen LogP contribution < -0.4 is 4.90 Å². The minimum absolute atomic E-state index is 0.157. The van der Waals surface area contributed by atoms with Gasteiger partial charge in [0.25, 0.3) is 5.79 Å². The summed E-state index contributed by atoms with van der Waals surface area (Å²) < 4.78 is 10.9. The third kappa shape index (κ3) is 7.76. The zero-order chi connectivity index (χ0) is 30.8. The predicted octanol–water partition coefficient (Wildman–Crippen LogP) is 7.94. The molecule has 0 aliphatic rings. The summed E-state index contributed by atoms with van der Waals surface area (Å²) in [5.74, 6) is -3.40. The minimum atomic E-state index is -1.82. The summed E-state index contributed by atoms with van der Waals surface area (Å²) >= 11 is 0. The maximum absolute atomic E-state index is 12.1. The van der Waals surface area contributed by atoms with Gasteiger partial charge in [-0.25, -0.2) is 9.59 Å². The molecule has 0 bridgehead atoms. The molecule has 0 aliphatic heterocycles. The van der Waals surface area contributed by atoms with E-state index >= 15 is 0 Å². The number of aliphatic hydroxyl groups is 1. The van der Waals surface area contributed by atoms with Crippen LogP contribution in [0.15, 0.2) is 122 Å². The van der Waals surface area contributed by atoms with Crippen molar-refractivity contribution in [1.29, 1.82) is 0 Å². The lowest BCUT2D eigenvalue weighted by molar-refractivity contribution is -0.233. The highest BCUT2D eigenvalue weighted by molar-refractivity contribution is 5.84. The quantitative estimate of drug-likeness (QED) is 0.0803. The molecule has 0 spiro atoms. The van der Waals surface area contributed by atoms with Crippen molar-refractivity contribution in [2.24, 2.45) is 0 Å². The van der Waals surface area contributed by atoms with Gasteiger partial charge >= 0.3 is 11.9 Å². The molecule has 0 saturated heterocycles. The minimum Gasteiger partial charge on any atom is -0.415 e. The van der Waals surface area contributed by atoms with Gasteiger partial charge in [0.05, 0.1) is 13.0 Å². The Morgan fingerprint density at radius 1 is 0.674 bits per heavy atom. The van der Waals surface area contributed by atoms with E-state index in [1.165, 1.54) is 11.1 Å². The molecule has 0 amide bonds. The fraction of sp³-hybridized carbons (Fsp3) is 0.135. The summed E-state index contributed by atoms with van der Waals surface area (Å²) in [5, 5.41) is 9.66. The molecule has 218 valence electrons. The molecule has 4 aromatic rings. The van der Waals surface area contributed by atoms with Crippen molar-refractivity contribution in [1.82, 2.24) is 0 Å². The van der Waals surface area contributed by atoms with Crippen LogP contribution in [-0.2, 0) is 24.8 Å². The number of ether oxygens (including phenoxy) is 2. The molecule has 0 saturated carbocycles. The highest BCUT2D eigenvalue weighted by Gasteiger charge is 2.39. The van der Waals surface area contributed by atoms with Gasteiger partial charge in [-0.2, -0.15) is 0 Å². The van der Waals surface area contributed by atoms with Crippen LogP contribution in [-0.4, -0.2) is 23.7 Å². The molecule has 0 atom stereocenters.